The maximum absolute atomic E-state index is 12.0. The molecule has 2 rings (SSSR count). The van der Waals surface area contributed by atoms with Crippen LogP contribution < -0.4 is 15.5 Å². The molecular weight excluding hydrogens is 326 g/mol. The largest absolute Gasteiger partial charge is 0.376 e. The van der Waals surface area contributed by atoms with Crippen molar-refractivity contribution in [1.82, 2.24) is 0 Å². The van der Waals surface area contributed by atoms with E-state index in [4.69, 9.17) is 11.6 Å². The van der Waals surface area contributed by atoms with Crippen molar-refractivity contribution in [3.8, 4) is 0 Å². The number of amides is 2. The lowest BCUT2D eigenvalue weighted by Crippen LogP contribution is -2.23. The van der Waals surface area contributed by atoms with Gasteiger partial charge in [0.2, 0.25) is 11.8 Å². The lowest BCUT2D eigenvalue weighted by atomic mass is 10.2. The standard InChI is InChI=1S/C18H20ClN3O2/c1-12-16(19)5-4-6-17(12)21-18(24)11-20-14-7-9-15(10-8-14)22(3)13(2)23/h4-10,20H,11H2,1-3H3,(H,21,24). The first-order valence-corrected chi connectivity index (χ1v) is 7.89. The normalized spacial score (nSPS) is 10.2. The van der Waals surface area contributed by atoms with Crippen LogP contribution in [-0.4, -0.2) is 25.4 Å². The van der Waals surface area contributed by atoms with Gasteiger partial charge in [-0.1, -0.05) is 17.7 Å². The summed E-state index contributed by atoms with van der Waals surface area (Å²) in [5.41, 5.74) is 3.14. The molecule has 0 bridgehead atoms. The Balaban J connectivity index is 1.92. The number of hydrogen-bond donors (Lipinski definition) is 2. The zero-order chi connectivity index (χ0) is 17.7. The summed E-state index contributed by atoms with van der Waals surface area (Å²) in [5, 5.41) is 6.49. The molecule has 0 aliphatic carbocycles. The molecule has 0 aromatic heterocycles. The average molecular weight is 346 g/mol. The average Bonchev–Trinajstić information content (AvgIpc) is 2.57. The maximum atomic E-state index is 12.0. The molecule has 24 heavy (non-hydrogen) atoms. The summed E-state index contributed by atoms with van der Waals surface area (Å²) < 4.78 is 0. The number of halogens is 1. The van der Waals surface area contributed by atoms with Crippen molar-refractivity contribution in [3.63, 3.8) is 0 Å². The van der Waals surface area contributed by atoms with Crippen molar-refractivity contribution in [1.29, 1.82) is 0 Å². The van der Waals surface area contributed by atoms with Gasteiger partial charge in [-0.25, -0.2) is 0 Å². The summed E-state index contributed by atoms with van der Waals surface area (Å²) in [5.74, 6) is -0.197. The smallest absolute Gasteiger partial charge is 0.243 e. The highest BCUT2D eigenvalue weighted by Crippen LogP contribution is 2.23. The van der Waals surface area contributed by atoms with E-state index >= 15 is 0 Å². The zero-order valence-electron chi connectivity index (χ0n) is 13.9. The van der Waals surface area contributed by atoms with Crippen LogP contribution >= 0.6 is 11.6 Å². The summed E-state index contributed by atoms with van der Waals surface area (Å²) >= 11 is 6.04. The second-order valence-electron chi connectivity index (χ2n) is 5.44. The topological polar surface area (TPSA) is 61.4 Å². The molecule has 0 saturated heterocycles. The number of anilines is 3. The van der Waals surface area contributed by atoms with Gasteiger partial charge >= 0.3 is 0 Å². The van der Waals surface area contributed by atoms with Crippen LogP contribution in [0.25, 0.3) is 0 Å². The Morgan fingerprint density at radius 2 is 1.79 bits per heavy atom. The number of nitrogens with one attached hydrogen (secondary N) is 2. The number of hydrogen-bond acceptors (Lipinski definition) is 3. The summed E-state index contributed by atoms with van der Waals surface area (Å²) in [6, 6.07) is 12.7. The Kier molecular flexibility index (Phi) is 5.82. The van der Waals surface area contributed by atoms with Crippen LogP contribution in [0, 0.1) is 6.92 Å². The van der Waals surface area contributed by atoms with Crippen LogP contribution in [0.5, 0.6) is 0 Å². The first kappa shape index (κ1) is 17.8. The van der Waals surface area contributed by atoms with Gasteiger partial charge in [0, 0.05) is 36.1 Å². The van der Waals surface area contributed by atoms with Gasteiger partial charge in [-0.05, 0) is 48.9 Å². The van der Waals surface area contributed by atoms with Gasteiger partial charge in [-0.15, -0.1) is 0 Å². The Hall–Kier alpha value is -2.53. The van der Waals surface area contributed by atoms with Crippen molar-refractivity contribution in [3.05, 3.63) is 53.1 Å². The summed E-state index contributed by atoms with van der Waals surface area (Å²) in [4.78, 5) is 24.9. The number of benzene rings is 2. The van der Waals surface area contributed by atoms with E-state index in [1.165, 1.54) is 6.92 Å². The summed E-state index contributed by atoms with van der Waals surface area (Å²) in [6.45, 7) is 3.50. The molecule has 6 heteroatoms. The highest BCUT2D eigenvalue weighted by Gasteiger charge is 2.08. The minimum Gasteiger partial charge on any atom is -0.376 e. The molecule has 5 nitrogen and oxygen atoms in total. The van der Waals surface area contributed by atoms with Crippen molar-refractivity contribution in [2.24, 2.45) is 0 Å². The fraction of sp³-hybridized carbons (Fsp3) is 0.222. The van der Waals surface area contributed by atoms with Crippen molar-refractivity contribution < 1.29 is 9.59 Å². The second kappa shape index (κ2) is 7.84. The quantitative estimate of drug-likeness (QED) is 0.869. The molecule has 2 N–H and O–H groups in total. The summed E-state index contributed by atoms with van der Waals surface area (Å²) in [6.07, 6.45) is 0. The summed E-state index contributed by atoms with van der Waals surface area (Å²) in [7, 11) is 1.71. The van der Waals surface area contributed by atoms with Gasteiger partial charge in [-0.2, -0.15) is 0 Å². The predicted molar refractivity (Wildman–Crippen MR) is 98.8 cm³/mol. The SMILES string of the molecule is CC(=O)N(C)c1ccc(NCC(=O)Nc2cccc(Cl)c2C)cc1. The molecule has 2 amide bonds. The molecule has 2 aromatic rings. The third-order valence-electron chi connectivity index (χ3n) is 3.72. The molecule has 0 atom stereocenters. The predicted octanol–water partition coefficient (Wildman–Crippen LogP) is 3.68. The van der Waals surface area contributed by atoms with Gasteiger partial charge in [0.05, 0.1) is 6.54 Å². The number of carbonyl (C=O) groups is 2. The van der Waals surface area contributed by atoms with Gasteiger partial charge in [0.1, 0.15) is 0 Å². The van der Waals surface area contributed by atoms with Crippen molar-refractivity contribution in [2.75, 3.05) is 29.1 Å². The second-order valence-corrected chi connectivity index (χ2v) is 5.85. The highest BCUT2D eigenvalue weighted by atomic mass is 35.5. The van der Waals surface area contributed by atoms with E-state index in [2.05, 4.69) is 10.6 Å². The number of rotatable bonds is 5. The van der Waals surface area contributed by atoms with Crippen LogP contribution in [0.1, 0.15) is 12.5 Å². The van der Waals surface area contributed by atoms with E-state index in [1.54, 1.807) is 24.1 Å². The van der Waals surface area contributed by atoms with Crippen molar-refractivity contribution >= 4 is 40.5 Å². The first-order chi connectivity index (χ1) is 11.4. The highest BCUT2D eigenvalue weighted by molar-refractivity contribution is 6.31. The van der Waals surface area contributed by atoms with Gasteiger partial charge < -0.3 is 15.5 Å². The van der Waals surface area contributed by atoms with Crippen LogP contribution in [0.4, 0.5) is 17.1 Å². The van der Waals surface area contributed by atoms with Gasteiger partial charge in [0.15, 0.2) is 0 Å². The third kappa shape index (κ3) is 4.49. The Morgan fingerprint density at radius 3 is 2.42 bits per heavy atom. The van der Waals surface area contributed by atoms with E-state index in [0.717, 1.165) is 16.9 Å². The molecule has 0 heterocycles. The van der Waals surface area contributed by atoms with Gasteiger partial charge in [0.25, 0.3) is 0 Å². The molecule has 0 aliphatic heterocycles. The molecular formula is C18H20ClN3O2. The molecule has 0 saturated carbocycles. The monoisotopic (exact) mass is 345 g/mol. The van der Waals surface area contributed by atoms with Crippen LogP contribution in [0.15, 0.2) is 42.5 Å². The number of nitrogens with zero attached hydrogens (tertiary/aromatic N) is 1. The van der Waals surface area contributed by atoms with E-state index in [9.17, 15) is 9.59 Å². The third-order valence-corrected chi connectivity index (χ3v) is 4.13. The maximum Gasteiger partial charge on any atom is 0.243 e. The molecule has 2 aromatic carbocycles. The Morgan fingerprint density at radius 1 is 1.12 bits per heavy atom. The number of carbonyl (C=O) groups excluding carboxylic acids is 2. The molecule has 126 valence electrons. The van der Waals surface area contributed by atoms with E-state index < -0.39 is 0 Å². The minimum atomic E-state index is -0.162. The molecule has 0 spiro atoms. The molecule has 0 aliphatic rings. The fourth-order valence-electron chi connectivity index (χ4n) is 2.10. The minimum absolute atomic E-state index is 0.0352. The van der Waals surface area contributed by atoms with Crippen LogP contribution in [-0.2, 0) is 9.59 Å². The molecule has 0 radical (unpaired) electrons. The van der Waals surface area contributed by atoms with E-state index in [-0.39, 0.29) is 18.4 Å². The van der Waals surface area contributed by atoms with Crippen LogP contribution in [0.3, 0.4) is 0 Å². The van der Waals surface area contributed by atoms with Gasteiger partial charge in [-0.3, -0.25) is 9.59 Å². The van der Waals surface area contributed by atoms with Crippen molar-refractivity contribution in [2.45, 2.75) is 13.8 Å². The first-order valence-electron chi connectivity index (χ1n) is 7.51. The Bertz CT molecular complexity index is 744. The lowest BCUT2D eigenvalue weighted by Gasteiger charge is -2.15. The lowest BCUT2D eigenvalue weighted by molar-refractivity contribution is -0.116. The molecule has 0 fully saturated rings. The van der Waals surface area contributed by atoms with Crippen LogP contribution in [0.2, 0.25) is 5.02 Å². The zero-order valence-corrected chi connectivity index (χ0v) is 14.6. The Labute approximate surface area is 146 Å². The van der Waals surface area contributed by atoms with E-state index in [0.29, 0.717) is 10.7 Å². The van der Waals surface area contributed by atoms with E-state index in [1.807, 2.05) is 37.3 Å². The molecule has 0 unspecified atom stereocenters. The fourth-order valence-corrected chi connectivity index (χ4v) is 2.28.